The van der Waals surface area contributed by atoms with Gasteiger partial charge in [-0.2, -0.15) is 0 Å². The highest BCUT2D eigenvalue weighted by Crippen LogP contribution is 2.11. The number of urea groups is 1. The molecule has 0 saturated carbocycles. The fraction of sp³-hybridized carbons (Fsp3) is 0.846. The first-order valence-electron chi connectivity index (χ1n) is 6.99. The number of nitrogens with one attached hydrogen (secondary N) is 2. The third kappa shape index (κ3) is 7.00. The molecule has 0 spiro atoms. The number of aliphatic carboxylic acids is 1. The van der Waals surface area contributed by atoms with Crippen LogP contribution in [0.5, 0.6) is 0 Å². The summed E-state index contributed by atoms with van der Waals surface area (Å²) in [6.07, 6.45) is 4.73. The molecule has 0 bridgehead atoms. The highest BCUT2D eigenvalue weighted by atomic mass is 16.5. The van der Waals surface area contributed by atoms with E-state index in [0.717, 1.165) is 32.3 Å². The van der Waals surface area contributed by atoms with E-state index < -0.39 is 5.97 Å². The summed E-state index contributed by atoms with van der Waals surface area (Å²) in [5, 5.41) is 14.2. The van der Waals surface area contributed by atoms with Gasteiger partial charge in [-0.1, -0.05) is 13.3 Å². The summed E-state index contributed by atoms with van der Waals surface area (Å²) in [5.74, 6) is -0.894. The van der Waals surface area contributed by atoms with E-state index >= 15 is 0 Å². The number of ether oxygens (including phenoxy) is 1. The molecular weight excluding hydrogens is 248 g/mol. The summed E-state index contributed by atoms with van der Waals surface area (Å²) >= 11 is 0. The van der Waals surface area contributed by atoms with Crippen LogP contribution in [0.25, 0.3) is 0 Å². The first-order valence-corrected chi connectivity index (χ1v) is 6.99. The fourth-order valence-electron chi connectivity index (χ4n) is 2.20. The summed E-state index contributed by atoms with van der Waals surface area (Å²) in [7, 11) is 0. The number of carboxylic acids is 1. The number of hydrogen-bond donors (Lipinski definition) is 3. The molecule has 0 aromatic heterocycles. The molecule has 1 saturated heterocycles. The van der Waals surface area contributed by atoms with Gasteiger partial charge in [-0.25, -0.2) is 4.79 Å². The van der Waals surface area contributed by atoms with Crippen LogP contribution >= 0.6 is 0 Å². The third-order valence-electron chi connectivity index (χ3n) is 3.16. The second-order valence-corrected chi connectivity index (χ2v) is 4.93. The third-order valence-corrected chi connectivity index (χ3v) is 3.16. The normalized spacial score (nSPS) is 20.6. The number of hydrogen-bond acceptors (Lipinski definition) is 3. The average Bonchev–Trinajstić information content (AvgIpc) is 2.37. The summed E-state index contributed by atoms with van der Waals surface area (Å²) in [4.78, 5) is 22.4. The van der Waals surface area contributed by atoms with Crippen LogP contribution in [0.1, 0.15) is 45.4 Å². The van der Waals surface area contributed by atoms with Crippen molar-refractivity contribution in [3.8, 4) is 0 Å². The van der Waals surface area contributed by atoms with E-state index in [1.165, 1.54) is 0 Å². The fourth-order valence-corrected chi connectivity index (χ4v) is 2.20. The predicted molar refractivity (Wildman–Crippen MR) is 71.1 cm³/mol. The molecule has 0 aromatic rings. The van der Waals surface area contributed by atoms with Crippen LogP contribution in [0.15, 0.2) is 0 Å². The van der Waals surface area contributed by atoms with Crippen LogP contribution in [0, 0.1) is 0 Å². The molecule has 0 aromatic carbocycles. The van der Waals surface area contributed by atoms with Crippen molar-refractivity contribution in [1.29, 1.82) is 0 Å². The second kappa shape index (κ2) is 8.74. The molecule has 1 aliphatic heterocycles. The van der Waals surface area contributed by atoms with Crippen molar-refractivity contribution in [2.75, 3.05) is 13.2 Å². The van der Waals surface area contributed by atoms with Gasteiger partial charge < -0.3 is 20.5 Å². The maximum absolute atomic E-state index is 11.7. The minimum absolute atomic E-state index is 0.0405. The molecule has 3 N–H and O–H groups in total. The van der Waals surface area contributed by atoms with E-state index in [4.69, 9.17) is 9.84 Å². The second-order valence-electron chi connectivity index (χ2n) is 4.93. The molecule has 1 heterocycles. The van der Waals surface area contributed by atoms with Gasteiger partial charge in [0.1, 0.15) is 0 Å². The van der Waals surface area contributed by atoms with Crippen molar-refractivity contribution in [3.63, 3.8) is 0 Å². The Hall–Kier alpha value is -1.30. The van der Waals surface area contributed by atoms with Gasteiger partial charge >= 0.3 is 12.0 Å². The van der Waals surface area contributed by atoms with E-state index in [9.17, 15) is 9.59 Å². The van der Waals surface area contributed by atoms with Crippen LogP contribution < -0.4 is 10.6 Å². The molecule has 110 valence electrons. The quantitative estimate of drug-likeness (QED) is 0.655. The van der Waals surface area contributed by atoms with Crippen LogP contribution in [-0.4, -0.2) is 42.4 Å². The number of carboxylic acid groups (broad SMARTS) is 1. The Morgan fingerprint density at radius 2 is 2.21 bits per heavy atom. The van der Waals surface area contributed by atoms with Gasteiger partial charge in [0, 0.05) is 19.2 Å². The zero-order valence-corrected chi connectivity index (χ0v) is 11.5. The maximum Gasteiger partial charge on any atom is 0.315 e. The van der Waals surface area contributed by atoms with Crippen molar-refractivity contribution in [1.82, 2.24) is 10.6 Å². The van der Waals surface area contributed by atoms with Crippen molar-refractivity contribution in [2.45, 2.75) is 57.6 Å². The first-order chi connectivity index (χ1) is 9.11. The summed E-state index contributed by atoms with van der Waals surface area (Å²) < 4.78 is 5.51. The Labute approximate surface area is 113 Å². The molecule has 1 aliphatic rings. The van der Waals surface area contributed by atoms with Crippen LogP contribution in [0.3, 0.4) is 0 Å². The summed E-state index contributed by atoms with van der Waals surface area (Å²) in [6.45, 7) is 3.20. The minimum Gasteiger partial charge on any atom is -0.481 e. The van der Waals surface area contributed by atoms with Gasteiger partial charge in [-0.05, 0) is 25.7 Å². The lowest BCUT2D eigenvalue weighted by Gasteiger charge is -2.23. The number of carbonyl (C=O) groups is 2. The van der Waals surface area contributed by atoms with Gasteiger partial charge in [-0.15, -0.1) is 0 Å². The molecule has 6 heteroatoms. The summed E-state index contributed by atoms with van der Waals surface area (Å²) in [5.41, 5.74) is 0. The Morgan fingerprint density at radius 3 is 2.79 bits per heavy atom. The Morgan fingerprint density at radius 1 is 1.42 bits per heavy atom. The van der Waals surface area contributed by atoms with Crippen molar-refractivity contribution in [2.24, 2.45) is 0 Å². The molecule has 0 aliphatic carbocycles. The molecular formula is C13H24N2O4. The van der Waals surface area contributed by atoms with Crippen LogP contribution in [0.4, 0.5) is 4.79 Å². The SMILES string of the molecule is CCCC(CC(=O)O)NC(=O)NCC1CCCCO1. The van der Waals surface area contributed by atoms with Gasteiger partial charge in [-0.3, -0.25) is 4.79 Å². The zero-order valence-electron chi connectivity index (χ0n) is 11.5. The molecule has 2 amide bonds. The maximum atomic E-state index is 11.7. The number of amides is 2. The van der Waals surface area contributed by atoms with Crippen molar-refractivity contribution < 1.29 is 19.4 Å². The molecule has 1 fully saturated rings. The van der Waals surface area contributed by atoms with E-state index in [-0.39, 0.29) is 24.6 Å². The van der Waals surface area contributed by atoms with E-state index in [1.807, 2.05) is 6.92 Å². The molecule has 6 nitrogen and oxygen atoms in total. The average molecular weight is 272 g/mol. The Kier molecular flexibility index (Phi) is 7.25. The minimum atomic E-state index is -0.894. The van der Waals surface area contributed by atoms with Gasteiger partial charge in [0.2, 0.25) is 0 Å². The lowest BCUT2D eigenvalue weighted by Crippen LogP contribution is -2.46. The highest BCUT2D eigenvalue weighted by molar-refractivity contribution is 5.75. The summed E-state index contributed by atoms with van der Waals surface area (Å²) in [6, 6.07) is -0.622. The van der Waals surface area contributed by atoms with E-state index in [1.54, 1.807) is 0 Å². The largest absolute Gasteiger partial charge is 0.481 e. The van der Waals surface area contributed by atoms with Crippen LogP contribution in [-0.2, 0) is 9.53 Å². The molecule has 19 heavy (non-hydrogen) atoms. The molecule has 2 unspecified atom stereocenters. The smallest absolute Gasteiger partial charge is 0.315 e. The highest BCUT2D eigenvalue weighted by Gasteiger charge is 2.17. The van der Waals surface area contributed by atoms with Gasteiger partial charge in [0.15, 0.2) is 0 Å². The zero-order chi connectivity index (χ0) is 14.1. The van der Waals surface area contributed by atoms with Crippen molar-refractivity contribution >= 4 is 12.0 Å². The molecule has 1 rings (SSSR count). The van der Waals surface area contributed by atoms with Crippen LogP contribution in [0.2, 0.25) is 0 Å². The van der Waals surface area contributed by atoms with Gasteiger partial charge in [0.05, 0.1) is 12.5 Å². The van der Waals surface area contributed by atoms with E-state index in [0.29, 0.717) is 13.0 Å². The number of rotatable bonds is 7. The predicted octanol–water partition coefficient (Wildman–Crippen LogP) is 1.50. The lowest BCUT2D eigenvalue weighted by atomic mass is 10.1. The van der Waals surface area contributed by atoms with Gasteiger partial charge in [0.25, 0.3) is 0 Å². The monoisotopic (exact) mass is 272 g/mol. The van der Waals surface area contributed by atoms with Crippen molar-refractivity contribution in [3.05, 3.63) is 0 Å². The first kappa shape index (κ1) is 15.8. The Balaban J connectivity index is 2.24. The lowest BCUT2D eigenvalue weighted by molar-refractivity contribution is -0.137. The standard InChI is InChI=1S/C13H24N2O4/c1-2-5-10(8-12(16)17)15-13(18)14-9-11-6-3-4-7-19-11/h10-11H,2-9H2,1H3,(H,16,17)(H2,14,15,18). The van der Waals surface area contributed by atoms with E-state index in [2.05, 4.69) is 10.6 Å². The topological polar surface area (TPSA) is 87.7 Å². The number of carbonyl (C=O) groups excluding carboxylic acids is 1. The molecule has 2 atom stereocenters. The molecule has 0 radical (unpaired) electrons. The Bertz CT molecular complexity index is 290.